The SMILES string of the molecule is COC(=O)c1cc(N)ccc1N(CCO)C(C)C. The van der Waals surface area contributed by atoms with Crippen molar-refractivity contribution < 1.29 is 14.6 Å². The lowest BCUT2D eigenvalue weighted by Crippen LogP contribution is -2.34. The predicted octanol–water partition coefficient (Wildman–Crippen LogP) is 1.26. The van der Waals surface area contributed by atoms with Crippen molar-refractivity contribution in [1.29, 1.82) is 0 Å². The maximum absolute atomic E-state index is 11.8. The predicted molar refractivity (Wildman–Crippen MR) is 71.8 cm³/mol. The average Bonchev–Trinajstić information content (AvgIpc) is 2.35. The van der Waals surface area contributed by atoms with Gasteiger partial charge in [0.05, 0.1) is 25.0 Å². The van der Waals surface area contributed by atoms with Crippen LogP contribution >= 0.6 is 0 Å². The summed E-state index contributed by atoms with van der Waals surface area (Å²) in [4.78, 5) is 13.7. The zero-order chi connectivity index (χ0) is 13.7. The van der Waals surface area contributed by atoms with Gasteiger partial charge in [-0.2, -0.15) is 0 Å². The number of esters is 1. The third-order valence-electron chi connectivity index (χ3n) is 2.70. The fourth-order valence-corrected chi connectivity index (χ4v) is 1.84. The van der Waals surface area contributed by atoms with Crippen LogP contribution in [0.3, 0.4) is 0 Å². The van der Waals surface area contributed by atoms with E-state index in [-0.39, 0.29) is 12.6 Å². The lowest BCUT2D eigenvalue weighted by atomic mass is 10.1. The number of ether oxygens (including phenoxy) is 1. The molecule has 0 bridgehead atoms. The van der Waals surface area contributed by atoms with Crippen molar-refractivity contribution in [3.8, 4) is 0 Å². The van der Waals surface area contributed by atoms with Gasteiger partial charge in [-0.3, -0.25) is 0 Å². The molecule has 1 aromatic carbocycles. The molecule has 0 atom stereocenters. The highest BCUT2D eigenvalue weighted by atomic mass is 16.5. The molecule has 0 spiro atoms. The van der Waals surface area contributed by atoms with Gasteiger partial charge in [0.1, 0.15) is 0 Å². The number of anilines is 2. The first kappa shape index (κ1) is 14.3. The van der Waals surface area contributed by atoms with Crippen LogP contribution in [0.1, 0.15) is 24.2 Å². The van der Waals surface area contributed by atoms with Gasteiger partial charge in [0.15, 0.2) is 0 Å². The first-order valence-electron chi connectivity index (χ1n) is 5.86. The molecule has 0 aliphatic rings. The quantitative estimate of drug-likeness (QED) is 0.609. The average molecular weight is 252 g/mol. The molecule has 0 fully saturated rings. The Morgan fingerprint density at radius 3 is 2.67 bits per heavy atom. The Bertz CT molecular complexity index is 419. The molecule has 3 N–H and O–H groups in total. The normalized spacial score (nSPS) is 10.5. The van der Waals surface area contributed by atoms with E-state index in [2.05, 4.69) is 0 Å². The molecule has 5 nitrogen and oxygen atoms in total. The molecule has 5 heteroatoms. The fourth-order valence-electron chi connectivity index (χ4n) is 1.84. The Labute approximate surface area is 107 Å². The number of nitrogens with zero attached hydrogens (tertiary/aromatic N) is 1. The fraction of sp³-hybridized carbons (Fsp3) is 0.462. The lowest BCUT2D eigenvalue weighted by Gasteiger charge is -2.29. The molecule has 0 heterocycles. The number of hydrogen-bond acceptors (Lipinski definition) is 5. The minimum atomic E-state index is -0.430. The first-order chi connectivity index (χ1) is 8.51. The van der Waals surface area contributed by atoms with Gasteiger partial charge in [0.25, 0.3) is 0 Å². The van der Waals surface area contributed by atoms with Crippen molar-refractivity contribution in [2.24, 2.45) is 0 Å². The Morgan fingerprint density at radius 2 is 2.17 bits per heavy atom. The smallest absolute Gasteiger partial charge is 0.340 e. The van der Waals surface area contributed by atoms with E-state index in [0.717, 1.165) is 5.69 Å². The molecular weight excluding hydrogens is 232 g/mol. The number of aliphatic hydroxyl groups excluding tert-OH is 1. The van der Waals surface area contributed by atoms with Gasteiger partial charge in [-0.15, -0.1) is 0 Å². The second-order valence-corrected chi connectivity index (χ2v) is 4.28. The highest BCUT2D eigenvalue weighted by molar-refractivity contribution is 5.97. The van der Waals surface area contributed by atoms with Crippen LogP contribution in [0.15, 0.2) is 18.2 Å². The molecule has 0 saturated heterocycles. The van der Waals surface area contributed by atoms with Crippen LogP contribution in [0.2, 0.25) is 0 Å². The summed E-state index contributed by atoms with van der Waals surface area (Å²) in [5.41, 5.74) is 7.34. The largest absolute Gasteiger partial charge is 0.465 e. The van der Waals surface area contributed by atoms with Gasteiger partial charge in [0.2, 0.25) is 0 Å². The number of methoxy groups -OCH3 is 1. The number of carbonyl (C=O) groups excluding carboxylic acids is 1. The number of nitrogen functional groups attached to an aromatic ring is 1. The Morgan fingerprint density at radius 1 is 1.50 bits per heavy atom. The van der Waals surface area contributed by atoms with Gasteiger partial charge in [-0.1, -0.05) is 0 Å². The van der Waals surface area contributed by atoms with Crippen molar-refractivity contribution in [3.63, 3.8) is 0 Å². The van der Waals surface area contributed by atoms with Crippen LogP contribution in [-0.2, 0) is 4.74 Å². The maximum atomic E-state index is 11.8. The molecule has 0 amide bonds. The van der Waals surface area contributed by atoms with Crippen molar-refractivity contribution >= 4 is 17.3 Å². The molecule has 0 unspecified atom stereocenters. The van der Waals surface area contributed by atoms with E-state index in [1.165, 1.54) is 7.11 Å². The molecule has 1 rings (SSSR count). The molecule has 0 radical (unpaired) electrons. The van der Waals surface area contributed by atoms with Crippen LogP contribution < -0.4 is 10.6 Å². The summed E-state index contributed by atoms with van der Waals surface area (Å²) in [6.07, 6.45) is 0. The zero-order valence-corrected chi connectivity index (χ0v) is 11.0. The summed E-state index contributed by atoms with van der Waals surface area (Å²) in [5, 5.41) is 9.11. The highest BCUT2D eigenvalue weighted by Gasteiger charge is 2.19. The summed E-state index contributed by atoms with van der Waals surface area (Å²) in [7, 11) is 1.33. The van der Waals surface area contributed by atoms with E-state index < -0.39 is 5.97 Å². The second kappa shape index (κ2) is 6.26. The highest BCUT2D eigenvalue weighted by Crippen LogP contribution is 2.25. The molecule has 100 valence electrons. The second-order valence-electron chi connectivity index (χ2n) is 4.28. The van der Waals surface area contributed by atoms with Crippen molar-refractivity contribution in [2.45, 2.75) is 19.9 Å². The number of hydrogen-bond donors (Lipinski definition) is 2. The van der Waals surface area contributed by atoms with Crippen LogP contribution in [0, 0.1) is 0 Å². The summed E-state index contributed by atoms with van der Waals surface area (Å²) >= 11 is 0. The summed E-state index contributed by atoms with van der Waals surface area (Å²) in [5.74, 6) is -0.430. The molecule has 0 saturated carbocycles. The van der Waals surface area contributed by atoms with Crippen molar-refractivity contribution in [1.82, 2.24) is 0 Å². The third-order valence-corrected chi connectivity index (χ3v) is 2.70. The van der Waals surface area contributed by atoms with E-state index in [4.69, 9.17) is 15.6 Å². The van der Waals surface area contributed by atoms with Crippen LogP contribution in [-0.4, -0.2) is 37.4 Å². The molecule has 0 aliphatic carbocycles. The Hall–Kier alpha value is -1.75. The molecule has 18 heavy (non-hydrogen) atoms. The van der Waals surface area contributed by atoms with Crippen LogP contribution in [0.4, 0.5) is 11.4 Å². The minimum Gasteiger partial charge on any atom is -0.465 e. The van der Waals surface area contributed by atoms with E-state index >= 15 is 0 Å². The number of carbonyl (C=O) groups is 1. The van der Waals surface area contributed by atoms with Gasteiger partial charge >= 0.3 is 5.97 Å². The van der Waals surface area contributed by atoms with Crippen LogP contribution in [0.5, 0.6) is 0 Å². The lowest BCUT2D eigenvalue weighted by molar-refractivity contribution is 0.0601. The Balaban J connectivity index is 3.24. The van der Waals surface area contributed by atoms with Crippen molar-refractivity contribution in [2.75, 3.05) is 30.9 Å². The third kappa shape index (κ3) is 3.13. The van der Waals surface area contributed by atoms with Gasteiger partial charge in [-0.25, -0.2) is 4.79 Å². The zero-order valence-electron chi connectivity index (χ0n) is 11.0. The molecule has 0 aromatic heterocycles. The van der Waals surface area contributed by atoms with Gasteiger partial charge in [-0.05, 0) is 32.0 Å². The molecule has 0 aliphatic heterocycles. The topological polar surface area (TPSA) is 75.8 Å². The van der Waals surface area contributed by atoms with Gasteiger partial charge in [0, 0.05) is 18.3 Å². The van der Waals surface area contributed by atoms with E-state index in [1.807, 2.05) is 18.7 Å². The summed E-state index contributed by atoms with van der Waals surface area (Å²) in [6, 6.07) is 5.25. The number of nitrogens with two attached hydrogens (primary N) is 1. The minimum absolute atomic E-state index is 0.0170. The van der Waals surface area contributed by atoms with Crippen molar-refractivity contribution in [3.05, 3.63) is 23.8 Å². The van der Waals surface area contributed by atoms with Gasteiger partial charge < -0.3 is 20.5 Å². The molecule has 1 aromatic rings. The number of aliphatic hydroxyl groups is 1. The van der Waals surface area contributed by atoms with E-state index in [9.17, 15) is 4.79 Å². The first-order valence-corrected chi connectivity index (χ1v) is 5.86. The maximum Gasteiger partial charge on any atom is 0.340 e. The monoisotopic (exact) mass is 252 g/mol. The molecular formula is C13H20N2O3. The Kier molecular flexibility index (Phi) is 4.97. The van der Waals surface area contributed by atoms with E-state index in [0.29, 0.717) is 17.8 Å². The van der Waals surface area contributed by atoms with Crippen LogP contribution in [0.25, 0.3) is 0 Å². The standard InChI is InChI=1S/C13H20N2O3/c1-9(2)15(6-7-16)12-5-4-10(14)8-11(12)13(17)18-3/h4-5,8-9,16H,6-7,14H2,1-3H3. The summed E-state index contributed by atoms with van der Waals surface area (Å²) < 4.78 is 4.76. The summed E-state index contributed by atoms with van der Waals surface area (Å²) in [6.45, 7) is 4.45. The van der Waals surface area contributed by atoms with E-state index in [1.54, 1.807) is 18.2 Å². The number of rotatable bonds is 5. The number of benzene rings is 1.